The second-order valence-corrected chi connectivity index (χ2v) is 10.5. The topological polar surface area (TPSA) is 79.6 Å². The summed E-state index contributed by atoms with van der Waals surface area (Å²) in [7, 11) is -3.54. The first-order chi connectivity index (χ1) is 13.9. The third kappa shape index (κ3) is 4.08. The number of aryl methyl sites for hydroxylation is 1. The molecular formula is C22H30N2O4S. The van der Waals surface area contributed by atoms with Gasteiger partial charge in [0.15, 0.2) is 5.76 Å². The van der Waals surface area contributed by atoms with Crippen molar-refractivity contribution in [1.82, 2.24) is 9.62 Å². The van der Waals surface area contributed by atoms with Crippen LogP contribution in [0.5, 0.6) is 0 Å². The molecule has 2 fully saturated rings. The van der Waals surface area contributed by atoms with E-state index in [1.54, 1.807) is 22.5 Å². The molecular weight excluding hydrogens is 388 g/mol. The lowest BCUT2D eigenvalue weighted by molar-refractivity contribution is 0.0901. The number of fused-ring (bicyclic) bond motifs is 1. The Morgan fingerprint density at radius 2 is 1.79 bits per heavy atom. The molecule has 1 N–H and O–H groups in total. The van der Waals surface area contributed by atoms with Gasteiger partial charge in [-0.1, -0.05) is 26.2 Å². The predicted molar refractivity (Wildman–Crippen MR) is 112 cm³/mol. The molecule has 1 aromatic heterocycles. The number of carbonyl (C=O) groups is 1. The zero-order chi connectivity index (χ0) is 20.6. The average Bonchev–Trinajstić information content (AvgIpc) is 3.05. The normalized spacial score (nSPS) is 20.2. The number of nitrogens with zero attached hydrogens (tertiary/aromatic N) is 1. The van der Waals surface area contributed by atoms with Gasteiger partial charge in [-0.05, 0) is 56.7 Å². The molecule has 2 aliphatic rings. The van der Waals surface area contributed by atoms with E-state index < -0.39 is 10.0 Å². The fourth-order valence-corrected chi connectivity index (χ4v) is 5.95. The third-order valence-corrected chi connectivity index (χ3v) is 8.33. The Hall–Kier alpha value is -1.86. The highest BCUT2D eigenvalue weighted by molar-refractivity contribution is 7.89. The summed E-state index contributed by atoms with van der Waals surface area (Å²) in [5, 5.41) is 3.76. The number of furan rings is 1. The summed E-state index contributed by atoms with van der Waals surface area (Å²) in [6, 6.07) is 5.10. The number of carbonyl (C=O) groups excluding carboxylic acids is 1. The molecule has 2 heterocycles. The number of amides is 1. The summed E-state index contributed by atoms with van der Waals surface area (Å²) < 4.78 is 33.5. The fourth-order valence-electron chi connectivity index (χ4n) is 4.45. The van der Waals surface area contributed by atoms with Crippen LogP contribution >= 0.6 is 0 Å². The number of nitrogens with one attached hydrogen (secondary N) is 1. The maximum Gasteiger partial charge on any atom is 0.287 e. The molecule has 0 unspecified atom stereocenters. The first kappa shape index (κ1) is 20.4. The van der Waals surface area contributed by atoms with Gasteiger partial charge in [-0.25, -0.2) is 8.42 Å². The first-order valence-corrected chi connectivity index (χ1v) is 12.1. The largest absolute Gasteiger partial charge is 0.451 e. The molecule has 1 amide bonds. The number of piperidine rings is 1. The molecule has 7 heteroatoms. The average molecular weight is 419 g/mol. The van der Waals surface area contributed by atoms with Gasteiger partial charge in [0.25, 0.3) is 5.91 Å². The van der Waals surface area contributed by atoms with Gasteiger partial charge in [0.05, 0.1) is 4.90 Å². The van der Waals surface area contributed by atoms with E-state index >= 15 is 0 Å². The molecule has 0 radical (unpaired) electrons. The van der Waals surface area contributed by atoms with Gasteiger partial charge in [-0.2, -0.15) is 4.31 Å². The second-order valence-electron chi connectivity index (χ2n) is 8.61. The Morgan fingerprint density at radius 1 is 1.10 bits per heavy atom. The quantitative estimate of drug-likeness (QED) is 0.806. The lowest BCUT2D eigenvalue weighted by atomic mass is 9.95. The number of benzene rings is 1. The van der Waals surface area contributed by atoms with Crippen molar-refractivity contribution in [2.24, 2.45) is 5.92 Å². The Balaban J connectivity index is 1.59. The van der Waals surface area contributed by atoms with Crippen LogP contribution in [0, 0.1) is 12.8 Å². The van der Waals surface area contributed by atoms with E-state index in [4.69, 9.17) is 4.42 Å². The van der Waals surface area contributed by atoms with Gasteiger partial charge < -0.3 is 9.73 Å². The molecule has 1 aromatic carbocycles. The molecule has 1 saturated heterocycles. The van der Waals surface area contributed by atoms with Crippen LogP contribution in [-0.4, -0.2) is 37.8 Å². The number of rotatable bonds is 4. The summed E-state index contributed by atoms with van der Waals surface area (Å²) >= 11 is 0. The number of hydrogen-bond donors (Lipinski definition) is 1. The highest BCUT2D eigenvalue weighted by Gasteiger charge is 2.29. The Labute approximate surface area is 172 Å². The standard InChI is InChI=1S/C22H30N2O4S/c1-15-10-12-24(13-11-15)29(26,27)18-8-9-20-19(14-18)16(2)21(28-20)22(25)23-17-6-4-3-5-7-17/h8-9,14-15,17H,3-7,10-13H2,1-2H3,(H,23,25). The molecule has 1 saturated carbocycles. The Morgan fingerprint density at radius 3 is 2.48 bits per heavy atom. The monoisotopic (exact) mass is 418 g/mol. The smallest absolute Gasteiger partial charge is 0.287 e. The molecule has 1 aliphatic heterocycles. The van der Waals surface area contributed by atoms with E-state index in [9.17, 15) is 13.2 Å². The minimum atomic E-state index is -3.54. The van der Waals surface area contributed by atoms with Crippen LogP contribution in [-0.2, 0) is 10.0 Å². The van der Waals surface area contributed by atoms with Crippen LogP contribution in [0.2, 0.25) is 0 Å². The van der Waals surface area contributed by atoms with Gasteiger partial charge in [0.1, 0.15) is 5.58 Å². The zero-order valence-corrected chi connectivity index (χ0v) is 18.1. The van der Waals surface area contributed by atoms with Crippen LogP contribution in [0.1, 0.15) is 68.0 Å². The molecule has 158 valence electrons. The van der Waals surface area contributed by atoms with Gasteiger partial charge in [0.2, 0.25) is 10.0 Å². The van der Waals surface area contributed by atoms with Crippen molar-refractivity contribution in [3.05, 3.63) is 29.5 Å². The van der Waals surface area contributed by atoms with Crippen LogP contribution < -0.4 is 5.32 Å². The van der Waals surface area contributed by atoms with Crippen molar-refractivity contribution >= 4 is 26.9 Å². The fraction of sp³-hybridized carbons (Fsp3) is 0.591. The van der Waals surface area contributed by atoms with Crippen LogP contribution in [0.15, 0.2) is 27.5 Å². The van der Waals surface area contributed by atoms with Gasteiger partial charge in [-0.15, -0.1) is 0 Å². The summed E-state index contributed by atoms with van der Waals surface area (Å²) in [6.45, 7) is 5.09. The second kappa shape index (κ2) is 8.11. The van der Waals surface area contributed by atoms with Gasteiger partial charge >= 0.3 is 0 Å². The molecule has 4 rings (SSSR count). The lowest BCUT2D eigenvalue weighted by Gasteiger charge is -2.29. The zero-order valence-electron chi connectivity index (χ0n) is 17.2. The van der Waals surface area contributed by atoms with Crippen molar-refractivity contribution in [3.8, 4) is 0 Å². The summed E-state index contributed by atoms with van der Waals surface area (Å²) in [5.74, 6) is 0.636. The van der Waals surface area contributed by atoms with E-state index in [2.05, 4.69) is 12.2 Å². The van der Waals surface area contributed by atoms with Crippen LogP contribution in [0.3, 0.4) is 0 Å². The Bertz CT molecular complexity index is 997. The highest BCUT2D eigenvalue weighted by atomic mass is 32.2. The Kier molecular flexibility index (Phi) is 5.71. The van der Waals surface area contributed by atoms with Crippen molar-refractivity contribution < 1.29 is 17.6 Å². The van der Waals surface area contributed by atoms with E-state index in [0.29, 0.717) is 35.5 Å². The maximum atomic E-state index is 13.1. The highest BCUT2D eigenvalue weighted by Crippen LogP contribution is 2.30. The van der Waals surface area contributed by atoms with Crippen molar-refractivity contribution in [2.45, 2.75) is 69.7 Å². The van der Waals surface area contributed by atoms with Crippen LogP contribution in [0.25, 0.3) is 11.0 Å². The van der Waals surface area contributed by atoms with Crippen LogP contribution in [0.4, 0.5) is 0 Å². The molecule has 6 nitrogen and oxygen atoms in total. The lowest BCUT2D eigenvalue weighted by Crippen LogP contribution is -2.37. The van der Waals surface area contributed by atoms with Crippen molar-refractivity contribution in [2.75, 3.05) is 13.1 Å². The van der Waals surface area contributed by atoms with Gasteiger partial charge in [-0.3, -0.25) is 4.79 Å². The minimum Gasteiger partial charge on any atom is -0.451 e. The van der Waals surface area contributed by atoms with E-state index in [-0.39, 0.29) is 22.6 Å². The third-order valence-electron chi connectivity index (χ3n) is 6.43. The summed E-state index contributed by atoms with van der Waals surface area (Å²) in [6.07, 6.45) is 7.28. The maximum absolute atomic E-state index is 13.1. The van der Waals surface area contributed by atoms with E-state index in [1.165, 1.54) is 6.42 Å². The van der Waals surface area contributed by atoms with Gasteiger partial charge in [0, 0.05) is 30.1 Å². The molecule has 0 atom stereocenters. The summed E-state index contributed by atoms with van der Waals surface area (Å²) in [4.78, 5) is 13.0. The van der Waals surface area contributed by atoms with E-state index in [0.717, 1.165) is 38.5 Å². The molecule has 1 aliphatic carbocycles. The first-order valence-electron chi connectivity index (χ1n) is 10.7. The number of hydrogen-bond acceptors (Lipinski definition) is 4. The molecule has 29 heavy (non-hydrogen) atoms. The minimum absolute atomic E-state index is 0.196. The van der Waals surface area contributed by atoms with E-state index in [1.807, 2.05) is 6.92 Å². The molecule has 2 aromatic rings. The predicted octanol–water partition coefficient (Wildman–Crippen LogP) is 4.22. The van der Waals surface area contributed by atoms with Crippen molar-refractivity contribution in [3.63, 3.8) is 0 Å². The SMILES string of the molecule is Cc1c(C(=O)NC2CCCCC2)oc2ccc(S(=O)(=O)N3CCC(C)CC3)cc12. The number of sulfonamides is 1. The summed E-state index contributed by atoms with van der Waals surface area (Å²) in [5.41, 5.74) is 1.24. The molecule has 0 bridgehead atoms. The molecule has 0 spiro atoms. The van der Waals surface area contributed by atoms with Crippen molar-refractivity contribution in [1.29, 1.82) is 0 Å².